The topological polar surface area (TPSA) is 44.4 Å². The molecule has 0 spiro atoms. The molecule has 2 aromatic carbocycles. The zero-order valence-corrected chi connectivity index (χ0v) is 16.2. The summed E-state index contributed by atoms with van der Waals surface area (Å²) in [6.45, 7) is 5.79. The molecule has 2 N–H and O–H groups in total. The minimum atomic E-state index is -0.475. The average Bonchev–Trinajstić information content (AvgIpc) is 3.00. The number of anilines is 3. The van der Waals surface area contributed by atoms with Gasteiger partial charge in [-0.25, -0.2) is 8.78 Å². The van der Waals surface area contributed by atoms with E-state index >= 15 is 0 Å². The van der Waals surface area contributed by atoms with Crippen molar-refractivity contribution in [2.75, 3.05) is 28.6 Å². The van der Waals surface area contributed by atoms with Crippen LogP contribution in [-0.4, -0.2) is 19.0 Å². The molecule has 1 heterocycles. The first kappa shape index (κ1) is 19.9. The standard InChI is InChI=1S/C22H25F2N3O/c1-3-5-12-27(11-4-2)20-10-9-15(13-18(20)24)25-14-16-21-17(23)7-6-8-19(21)26-22(16)28/h6-10,13-14,25H,3-5,11-12H2,1-2H3,(H,26,28)/b16-14+. The van der Waals surface area contributed by atoms with Gasteiger partial charge in [-0.3, -0.25) is 4.79 Å². The highest BCUT2D eigenvalue weighted by Crippen LogP contribution is 2.33. The van der Waals surface area contributed by atoms with Crippen LogP contribution in [0.15, 0.2) is 42.6 Å². The van der Waals surface area contributed by atoms with Crippen LogP contribution in [0, 0.1) is 11.6 Å². The fourth-order valence-electron chi connectivity index (χ4n) is 3.32. The fraction of sp³-hybridized carbons (Fsp3) is 0.318. The van der Waals surface area contributed by atoms with Gasteiger partial charge in [-0.1, -0.05) is 26.3 Å². The predicted octanol–water partition coefficient (Wildman–Crippen LogP) is 5.39. The van der Waals surface area contributed by atoms with E-state index in [9.17, 15) is 13.6 Å². The van der Waals surface area contributed by atoms with Crippen LogP contribution in [0.4, 0.5) is 25.8 Å². The number of carbonyl (C=O) groups excluding carboxylic acids is 1. The summed E-state index contributed by atoms with van der Waals surface area (Å²) in [6.07, 6.45) is 4.41. The third-order valence-electron chi connectivity index (χ3n) is 4.72. The molecule has 3 rings (SSSR count). The number of carbonyl (C=O) groups is 1. The van der Waals surface area contributed by atoms with Crippen LogP contribution in [0.25, 0.3) is 5.57 Å². The molecular formula is C22H25F2N3O. The minimum absolute atomic E-state index is 0.188. The Morgan fingerprint density at radius 2 is 1.89 bits per heavy atom. The number of hydrogen-bond donors (Lipinski definition) is 2. The maximum absolute atomic E-state index is 14.7. The highest BCUT2D eigenvalue weighted by Gasteiger charge is 2.27. The summed E-state index contributed by atoms with van der Waals surface area (Å²) < 4.78 is 28.8. The maximum Gasteiger partial charge on any atom is 0.257 e. The van der Waals surface area contributed by atoms with E-state index in [1.807, 2.05) is 0 Å². The highest BCUT2D eigenvalue weighted by atomic mass is 19.1. The first-order chi connectivity index (χ1) is 13.5. The molecule has 0 saturated carbocycles. The Balaban J connectivity index is 1.80. The Bertz CT molecular complexity index is 895. The van der Waals surface area contributed by atoms with Crippen molar-refractivity contribution in [3.05, 3.63) is 59.8 Å². The summed E-state index contributed by atoms with van der Waals surface area (Å²) in [7, 11) is 0. The predicted molar refractivity (Wildman–Crippen MR) is 110 cm³/mol. The van der Waals surface area contributed by atoms with Crippen molar-refractivity contribution >= 4 is 28.5 Å². The lowest BCUT2D eigenvalue weighted by molar-refractivity contribution is -0.110. The number of amides is 1. The Morgan fingerprint density at radius 1 is 1.07 bits per heavy atom. The van der Waals surface area contributed by atoms with E-state index in [-0.39, 0.29) is 17.0 Å². The third-order valence-corrected chi connectivity index (χ3v) is 4.72. The number of unbranched alkanes of at least 4 members (excludes halogenated alkanes) is 1. The maximum atomic E-state index is 14.7. The highest BCUT2D eigenvalue weighted by molar-refractivity contribution is 6.31. The van der Waals surface area contributed by atoms with Crippen molar-refractivity contribution < 1.29 is 13.6 Å². The van der Waals surface area contributed by atoms with Gasteiger partial charge in [0.25, 0.3) is 5.91 Å². The molecule has 0 aromatic heterocycles. The van der Waals surface area contributed by atoms with Gasteiger partial charge in [-0.2, -0.15) is 0 Å². The summed E-state index contributed by atoms with van der Waals surface area (Å²) >= 11 is 0. The first-order valence-corrected chi connectivity index (χ1v) is 9.66. The summed E-state index contributed by atoms with van der Waals surface area (Å²) in [5, 5.41) is 5.54. The molecule has 6 heteroatoms. The number of benzene rings is 2. The van der Waals surface area contributed by atoms with Gasteiger partial charge in [-0.05, 0) is 43.2 Å². The first-order valence-electron chi connectivity index (χ1n) is 9.66. The summed E-state index contributed by atoms with van der Waals surface area (Å²) in [5.41, 5.74) is 1.92. The smallest absolute Gasteiger partial charge is 0.257 e. The second kappa shape index (κ2) is 8.87. The Hall–Kier alpha value is -2.89. The van der Waals surface area contributed by atoms with Crippen LogP contribution in [0.3, 0.4) is 0 Å². The number of fused-ring (bicyclic) bond motifs is 1. The van der Waals surface area contributed by atoms with E-state index in [1.54, 1.807) is 24.3 Å². The van der Waals surface area contributed by atoms with E-state index in [2.05, 4.69) is 29.4 Å². The minimum Gasteiger partial charge on any atom is -0.369 e. The number of halogens is 2. The molecule has 0 saturated heterocycles. The molecule has 0 bridgehead atoms. The van der Waals surface area contributed by atoms with Crippen LogP contribution in [0.5, 0.6) is 0 Å². The SMILES string of the molecule is CCCCN(CCC)c1ccc(N/C=C2/C(=O)Nc3cccc(F)c32)cc1F. The quantitative estimate of drug-likeness (QED) is 0.599. The molecule has 4 nitrogen and oxygen atoms in total. The number of rotatable bonds is 8. The fourth-order valence-corrected chi connectivity index (χ4v) is 3.32. The van der Waals surface area contributed by atoms with E-state index in [4.69, 9.17) is 0 Å². The van der Waals surface area contributed by atoms with Crippen LogP contribution >= 0.6 is 0 Å². The van der Waals surface area contributed by atoms with Gasteiger partial charge >= 0.3 is 0 Å². The number of nitrogens with one attached hydrogen (secondary N) is 2. The van der Waals surface area contributed by atoms with Crippen molar-refractivity contribution in [1.29, 1.82) is 0 Å². The normalized spacial score (nSPS) is 14.1. The molecule has 0 fully saturated rings. The number of hydrogen-bond acceptors (Lipinski definition) is 3. The van der Waals surface area contributed by atoms with Crippen molar-refractivity contribution in [2.24, 2.45) is 0 Å². The summed E-state index contributed by atoms with van der Waals surface area (Å²) in [5.74, 6) is -1.19. The zero-order valence-electron chi connectivity index (χ0n) is 16.2. The molecular weight excluding hydrogens is 360 g/mol. The van der Waals surface area contributed by atoms with Gasteiger partial charge in [0.05, 0.1) is 16.9 Å². The molecule has 0 aliphatic carbocycles. The van der Waals surface area contributed by atoms with Crippen LogP contribution in [0.2, 0.25) is 0 Å². The molecule has 0 radical (unpaired) electrons. The molecule has 2 aromatic rings. The molecule has 1 aliphatic heterocycles. The molecule has 0 unspecified atom stereocenters. The van der Waals surface area contributed by atoms with Gasteiger partial charge in [0.15, 0.2) is 0 Å². The molecule has 1 amide bonds. The molecule has 28 heavy (non-hydrogen) atoms. The van der Waals surface area contributed by atoms with E-state index in [0.29, 0.717) is 17.1 Å². The van der Waals surface area contributed by atoms with Gasteiger partial charge in [0.1, 0.15) is 11.6 Å². The second-order valence-corrected chi connectivity index (χ2v) is 6.83. The lowest BCUT2D eigenvalue weighted by atomic mass is 10.1. The lowest BCUT2D eigenvalue weighted by Gasteiger charge is -2.25. The van der Waals surface area contributed by atoms with E-state index < -0.39 is 11.7 Å². The Kier molecular flexibility index (Phi) is 6.29. The van der Waals surface area contributed by atoms with Gasteiger partial charge in [0, 0.05) is 30.5 Å². The van der Waals surface area contributed by atoms with Crippen molar-refractivity contribution in [1.82, 2.24) is 0 Å². The molecule has 1 aliphatic rings. The van der Waals surface area contributed by atoms with E-state index in [1.165, 1.54) is 18.3 Å². The van der Waals surface area contributed by atoms with E-state index in [0.717, 1.165) is 32.4 Å². The summed E-state index contributed by atoms with van der Waals surface area (Å²) in [6, 6.07) is 9.39. The van der Waals surface area contributed by atoms with Crippen LogP contribution < -0.4 is 15.5 Å². The molecule has 148 valence electrons. The monoisotopic (exact) mass is 385 g/mol. The van der Waals surface area contributed by atoms with Gasteiger partial charge in [-0.15, -0.1) is 0 Å². The van der Waals surface area contributed by atoms with Crippen LogP contribution in [0.1, 0.15) is 38.7 Å². The number of nitrogens with zero attached hydrogens (tertiary/aromatic N) is 1. The summed E-state index contributed by atoms with van der Waals surface area (Å²) in [4.78, 5) is 14.2. The van der Waals surface area contributed by atoms with Gasteiger partial charge in [0.2, 0.25) is 0 Å². The second-order valence-electron chi connectivity index (χ2n) is 6.83. The van der Waals surface area contributed by atoms with Crippen LogP contribution in [-0.2, 0) is 4.79 Å². The zero-order chi connectivity index (χ0) is 20.1. The third kappa shape index (κ3) is 4.16. The van der Waals surface area contributed by atoms with Gasteiger partial charge < -0.3 is 15.5 Å². The largest absolute Gasteiger partial charge is 0.369 e. The van der Waals surface area contributed by atoms with Crippen molar-refractivity contribution in [3.63, 3.8) is 0 Å². The van der Waals surface area contributed by atoms with Crippen molar-refractivity contribution in [2.45, 2.75) is 33.1 Å². The average molecular weight is 385 g/mol. The molecule has 0 atom stereocenters. The Labute approximate surface area is 164 Å². The van der Waals surface area contributed by atoms with Crippen molar-refractivity contribution in [3.8, 4) is 0 Å². The Morgan fingerprint density at radius 3 is 2.61 bits per heavy atom. The lowest BCUT2D eigenvalue weighted by Crippen LogP contribution is -2.26.